The third-order valence-electron chi connectivity index (χ3n) is 1.16. The molecule has 0 aromatic rings. The van der Waals surface area contributed by atoms with Crippen molar-refractivity contribution >= 4 is 36.0 Å². The summed E-state index contributed by atoms with van der Waals surface area (Å²) in [6.07, 6.45) is 0. The molecule has 4 nitrogen and oxygen atoms in total. The molecule has 0 aromatic carbocycles. The molecule has 1 heterocycles. The van der Waals surface area contributed by atoms with Crippen LogP contribution in [0.4, 0.5) is 0 Å². The number of carbonyl (C=O) groups is 1. The summed E-state index contributed by atoms with van der Waals surface area (Å²) in [7, 11) is 0. The van der Waals surface area contributed by atoms with Gasteiger partial charge in [-0.15, -0.1) is 5.06 Å². The fourth-order valence-corrected chi connectivity index (χ4v) is 0.713. The number of nitrogens with zero attached hydrogens (tertiary/aromatic N) is 1. The first-order valence-electron chi connectivity index (χ1n) is 2.86. The van der Waals surface area contributed by atoms with E-state index in [2.05, 4.69) is 4.84 Å². The van der Waals surface area contributed by atoms with Gasteiger partial charge >= 0.3 is 36.0 Å². The quantitative estimate of drug-likeness (QED) is 0.369. The molecule has 0 radical (unpaired) electrons. The second-order valence-corrected chi connectivity index (χ2v) is 1.74. The van der Waals surface area contributed by atoms with Gasteiger partial charge in [-0.3, -0.25) is 4.79 Å². The zero-order chi connectivity index (χ0) is 6.53. The van der Waals surface area contributed by atoms with Crippen molar-refractivity contribution in [3.8, 4) is 0 Å². The third kappa shape index (κ3) is 3.53. The van der Waals surface area contributed by atoms with E-state index in [1.54, 1.807) is 5.06 Å². The normalized spacial score (nSPS) is 19.2. The van der Waals surface area contributed by atoms with E-state index in [0.717, 1.165) is 0 Å². The Balaban J connectivity index is 0.000000810. The van der Waals surface area contributed by atoms with Gasteiger partial charge < -0.3 is 9.57 Å². The van der Waals surface area contributed by atoms with Crippen molar-refractivity contribution in [2.75, 3.05) is 26.3 Å². The molecule has 0 bridgehead atoms. The molecular weight excluding hydrogens is 145 g/mol. The van der Waals surface area contributed by atoms with Crippen LogP contribution in [-0.4, -0.2) is 67.4 Å². The Morgan fingerprint density at radius 3 is 2.50 bits per heavy atom. The summed E-state index contributed by atoms with van der Waals surface area (Å²) in [4.78, 5) is 14.3. The number of rotatable bonds is 2. The zero-order valence-corrected chi connectivity index (χ0v) is 5.08. The van der Waals surface area contributed by atoms with E-state index in [1.165, 1.54) is 0 Å². The van der Waals surface area contributed by atoms with Crippen LogP contribution in [0.2, 0.25) is 0 Å². The molecule has 0 atom stereocenters. The van der Waals surface area contributed by atoms with Gasteiger partial charge in [0.05, 0.1) is 26.3 Å². The topological polar surface area (TPSA) is 38.8 Å². The average Bonchev–Trinajstić information content (AvgIpc) is 1.91. The van der Waals surface area contributed by atoms with E-state index in [0.29, 0.717) is 32.8 Å². The first-order chi connectivity index (χ1) is 4.43. The van der Waals surface area contributed by atoms with Crippen molar-refractivity contribution in [1.29, 1.82) is 0 Å². The molecule has 0 amide bonds. The van der Waals surface area contributed by atoms with Crippen LogP contribution in [0.15, 0.2) is 0 Å². The van der Waals surface area contributed by atoms with Crippen LogP contribution in [0.25, 0.3) is 0 Å². The maximum atomic E-state index is 9.77. The Kier molecular flexibility index (Phi) is 6.36. The number of hydroxylamine groups is 2. The Morgan fingerprint density at radius 2 is 2.00 bits per heavy atom. The molecule has 0 aliphatic carbocycles. The monoisotopic (exact) mass is 155 g/mol. The third-order valence-corrected chi connectivity index (χ3v) is 1.16. The molecular formula is C5H10NNaO3. The molecule has 1 rings (SSSR count). The minimum absolute atomic E-state index is 0. The van der Waals surface area contributed by atoms with Crippen LogP contribution < -0.4 is 0 Å². The van der Waals surface area contributed by atoms with Gasteiger partial charge in [-0.1, -0.05) is 0 Å². The van der Waals surface area contributed by atoms with Gasteiger partial charge in [0.1, 0.15) is 0 Å². The number of hydrogen-bond acceptors (Lipinski definition) is 4. The summed E-state index contributed by atoms with van der Waals surface area (Å²) in [5, 5.41) is 1.58. The molecule has 1 saturated heterocycles. The van der Waals surface area contributed by atoms with E-state index >= 15 is 0 Å². The van der Waals surface area contributed by atoms with Crippen LogP contribution in [0.3, 0.4) is 0 Å². The molecule has 1 aliphatic rings. The molecule has 5 heteroatoms. The van der Waals surface area contributed by atoms with Gasteiger partial charge in [-0.25, -0.2) is 0 Å². The first-order valence-corrected chi connectivity index (χ1v) is 2.86. The van der Waals surface area contributed by atoms with E-state index in [9.17, 15) is 4.79 Å². The average molecular weight is 155 g/mol. The second kappa shape index (κ2) is 6.12. The van der Waals surface area contributed by atoms with Gasteiger partial charge in [0.2, 0.25) is 0 Å². The van der Waals surface area contributed by atoms with E-state index in [1.807, 2.05) is 0 Å². The van der Waals surface area contributed by atoms with Crippen LogP contribution >= 0.6 is 0 Å². The van der Waals surface area contributed by atoms with Crippen molar-refractivity contribution in [2.24, 2.45) is 0 Å². The molecule has 1 fully saturated rings. The number of morpholine rings is 1. The predicted molar refractivity (Wildman–Crippen MR) is 36.7 cm³/mol. The molecule has 0 unspecified atom stereocenters. The summed E-state index contributed by atoms with van der Waals surface area (Å²) in [6.45, 7) is 3.09. The molecule has 0 saturated carbocycles. The standard InChI is InChI=1S/C5H9NO3.Na.H/c7-5-9-6-1-3-8-4-2-6;;/h5H,1-4H2;;. The predicted octanol–water partition coefficient (Wildman–Crippen LogP) is -1.24. The van der Waals surface area contributed by atoms with Crippen LogP contribution in [0, 0.1) is 0 Å². The SMILES string of the molecule is O=CON1CCOCC1.[NaH]. The summed E-state index contributed by atoms with van der Waals surface area (Å²) < 4.78 is 5.01. The van der Waals surface area contributed by atoms with Gasteiger partial charge in [-0.05, 0) is 0 Å². The number of ether oxygens (including phenoxy) is 1. The fourth-order valence-electron chi connectivity index (χ4n) is 0.713. The van der Waals surface area contributed by atoms with Crippen molar-refractivity contribution < 1.29 is 14.4 Å². The number of hydrogen-bond donors (Lipinski definition) is 0. The molecule has 10 heavy (non-hydrogen) atoms. The molecule has 54 valence electrons. The van der Waals surface area contributed by atoms with Gasteiger partial charge in [0, 0.05) is 0 Å². The zero-order valence-electron chi connectivity index (χ0n) is 5.08. The van der Waals surface area contributed by atoms with E-state index < -0.39 is 0 Å². The molecule has 1 aliphatic heterocycles. The van der Waals surface area contributed by atoms with Crippen molar-refractivity contribution in [3.63, 3.8) is 0 Å². The molecule has 0 spiro atoms. The van der Waals surface area contributed by atoms with Crippen molar-refractivity contribution in [1.82, 2.24) is 5.06 Å². The summed E-state index contributed by atoms with van der Waals surface area (Å²) in [5.74, 6) is 0. The fraction of sp³-hybridized carbons (Fsp3) is 0.800. The van der Waals surface area contributed by atoms with Crippen LogP contribution in [0.5, 0.6) is 0 Å². The van der Waals surface area contributed by atoms with Crippen LogP contribution in [-0.2, 0) is 14.4 Å². The second-order valence-electron chi connectivity index (χ2n) is 1.74. The maximum absolute atomic E-state index is 9.77. The van der Waals surface area contributed by atoms with E-state index in [4.69, 9.17) is 4.74 Å². The first kappa shape index (κ1) is 10.4. The summed E-state index contributed by atoms with van der Waals surface area (Å²) >= 11 is 0. The van der Waals surface area contributed by atoms with Crippen LogP contribution in [0.1, 0.15) is 0 Å². The molecule has 0 aromatic heterocycles. The Morgan fingerprint density at radius 1 is 1.40 bits per heavy atom. The minimum atomic E-state index is 0. The van der Waals surface area contributed by atoms with Crippen molar-refractivity contribution in [2.45, 2.75) is 0 Å². The Labute approximate surface area is 81.7 Å². The van der Waals surface area contributed by atoms with Gasteiger partial charge in [-0.2, -0.15) is 0 Å². The Hall–Kier alpha value is 0.390. The van der Waals surface area contributed by atoms with Crippen molar-refractivity contribution in [3.05, 3.63) is 0 Å². The Bertz CT molecular complexity index is 94.9. The van der Waals surface area contributed by atoms with Gasteiger partial charge in [0.25, 0.3) is 0 Å². The molecule has 0 N–H and O–H groups in total. The summed E-state index contributed by atoms with van der Waals surface area (Å²) in [6, 6.07) is 0. The van der Waals surface area contributed by atoms with E-state index in [-0.39, 0.29) is 29.6 Å². The van der Waals surface area contributed by atoms with Gasteiger partial charge in [0.15, 0.2) is 0 Å². The summed E-state index contributed by atoms with van der Waals surface area (Å²) in [5.41, 5.74) is 0. The number of carbonyl (C=O) groups excluding carboxylic acids is 1.